The molecular formula is C20H13Cl. The summed E-state index contributed by atoms with van der Waals surface area (Å²) < 4.78 is 7.66. The van der Waals surface area contributed by atoms with E-state index in [0.29, 0.717) is 6.04 Å². The van der Waals surface area contributed by atoms with E-state index in [1.807, 2.05) is 36.4 Å². The molecule has 0 spiro atoms. The number of hydrogen-bond donors (Lipinski definition) is 0. The first kappa shape index (κ1) is 11.4. The highest BCUT2D eigenvalue weighted by molar-refractivity contribution is 6.32. The summed E-state index contributed by atoms with van der Waals surface area (Å²) in [4.78, 5) is 0. The standard InChI is InChI=1S/C20H13Cl/c21-16-10-11-18-17-9-5-4-8-15(17)12-19(20(18)13-16)14-6-2-1-3-7-14/h1-13H/i1D. The van der Waals surface area contributed by atoms with Crippen LogP contribution in [0.25, 0.3) is 32.7 Å². The van der Waals surface area contributed by atoms with Crippen molar-refractivity contribution in [1.29, 1.82) is 0 Å². The molecule has 0 amide bonds. The van der Waals surface area contributed by atoms with E-state index < -0.39 is 0 Å². The van der Waals surface area contributed by atoms with E-state index in [9.17, 15) is 0 Å². The predicted octanol–water partition coefficient (Wildman–Crippen LogP) is 6.31. The summed E-state index contributed by atoms with van der Waals surface area (Å²) in [6.45, 7) is 0. The van der Waals surface area contributed by atoms with Crippen LogP contribution in [-0.4, -0.2) is 0 Å². The van der Waals surface area contributed by atoms with Crippen molar-refractivity contribution in [1.82, 2.24) is 0 Å². The molecule has 0 saturated carbocycles. The summed E-state index contributed by atoms with van der Waals surface area (Å²) in [6, 6.07) is 24.8. The Morgan fingerprint density at radius 1 is 0.714 bits per heavy atom. The van der Waals surface area contributed by atoms with E-state index in [2.05, 4.69) is 36.4 Å². The van der Waals surface area contributed by atoms with Gasteiger partial charge in [-0.1, -0.05) is 72.2 Å². The average Bonchev–Trinajstić information content (AvgIpc) is 2.55. The Morgan fingerprint density at radius 2 is 1.52 bits per heavy atom. The number of rotatable bonds is 1. The van der Waals surface area contributed by atoms with E-state index in [0.717, 1.165) is 21.5 Å². The van der Waals surface area contributed by atoms with Gasteiger partial charge in [-0.05, 0) is 50.9 Å². The van der Waals surface area contributed by atoms with Crippen LogP contribution in [0.15, 0.2) is 78.8 Å². The minimum atomic E-state index is 0.520. The van der Waals surface area contributed by atoms with E-state index in [1.165, 1.54) is 16.2 Å². The molecule has 0 unspecified atom stereocenters. The van der Waals surface area contributed by atoms with Gasteiger partial charge in [0.2, 0.25) is 0 Å². The monoisotopic (exact) mass is 289 g/mol. The van der Waals surface area contributed by atoms with Crippen molar-refractivity contribution in [3.05, 3.63) is 83.9 Å². The quantitative estimate of drug-likeness (QED) is 0.360. The van der Waals surface area contributed by atoms with Crippen LogP contribution < -0.4 is 0 Å². The van der Waals surface area contributed by atoms with Crippen molar-refractivity contribution in [3.63, 3.8) is 0 Å². The van der Waals surface area contributed by atoms with Crippen molar-refractivity contribution in [2.45, 2.75) is 0 Å². The SMILES string of the molecule is [2H]c1ccc(-c2cc3ccccc3c3ccc(Cl)cc23)cc1. The van der Waals surface area contributed by atoms with E-state index in [4.69, 9.17) is 13.0 Å². The third-order valence-electron chi connectivity index (χ3n) is 3.85. The molecule has 100 valence electrons. The van der Waals surface area contributed by atoms with E-state index >= 15 is 0 Å². The lowest BCUT2D eigenvalue weighted by Gasteiger charge is -2.11. The van der Waals surface area contributed by atoms with Crippen molar-refractivity contribution < 1.29 is 1.37 Å². The molecule has 0 N–H and O–H groups in total. The highest BCUT2D eigenvalue weighted by atomic mass is 35.5. The zero-order chi connectivity index (χ0) is 15.1. The second kappa shape index (κ2) is 4.91. The maximum atomic E-state index is 7.66. The van der Waals surface area contributed by atoms with Crippen LogP contribution in [0.5, 0.6) is 0 Å². The summed E-state index contributed by atoms with van der Waals surface area (Å²) in [5, 5.41) is 5.52. The van der Waals surface area contributed by atoms with E-state index in [1.54, 1.807) is 0 Å². The summed E-state index contributed by atoms with van der Waals surface area (Å²) in [5.74, 6) is 0. The molecule has 0 atom stereocenters. The molecular weight excluding hydrogens is 276 g/mol. The van der Waals surface area contributed by atoms with Gasteiger partial charge in [-0.15, -0.1) is 0 Å². The fourth-order valence-corrected chi connectivity index (χ4v) is 3.05. The summed E-state index contributed by atoms with van der Waals surface area (Å²) in [6.07, 6.45) is 0. The lowest BCUT2D eigenvalue weighted by Crippen LogP contribution is -1.84. The first-order valence-electron chi connectivity index (χ1n) is 7.40. The van der Waals surface area contributed by atoms with Gasteiger partial charge in [-0.25, -0.2) is 0 Å². The molecule has 0 aliphatic carbocycles. The van der Waals surface area contributed by atoms with Crippen LogP contribution in [0.2, 0.25) is 5.02 Å². The largest absolute Gasteiger partial charge is 0.0843 e. The lowest BCUT2D eigenvalue weighted by atomic mass is 9.93. The van der Waals surface area contributed by atoms with Gasteiger partial charge in [0.05, 0.1) is 1.37 Å². The van der Waals surface area contributed by atoms with Gasteiger partial charge in [0.25, 0.3) is 0 Å². The van der Waals surface area contributed by atoms with Crippen LogP contribution in [0.1, 0.15) is 1.37 Å². The molecule has 0 radical (unpaired) electrons. The Bertz CT molecular complexity index is 988. The molecule has 1 heteroatoms. The van der Waals surface area contributed by atoms with Crippen molar-refractivity contribution in [3.8, 4) is 11.1 Å². The average molecular weight is 290 g/mol. The Morgan fingerprint density at radius 3 is 2.38 bits per heavy atom. The summed E-state index contributed by atoms with van der Waals surface area (Å²) in [7, 11) is 0. The number of hydrogen-bond acceptors (Lipinski definition) is 0. The fourth-order valence-electron chi connectivity index (χ4n) is 2.88. The maximum absolute atomic E-state index is 7.66. The molecule has 0 aliphatic heterocycles. The van der Waals surface area contributed by atoms with Gasteiger partial charge < -0.3 is 0 Å². The van der Waals surface area contributed by atoms with E-state index in [-0.39, 0.29) is 0 Å². The highest BCUT2D eigenvalue weighted by Crippen LogP contribution is 2.36. The van der Waals surface area contributed by atoms with Gasteiger partial charge >= 0.3 is 0 Å². The third kappa shape index (κ3) is 2.09. The smallest absolute Gasteiger partial charge is 0.0623 e. The predicted molar refractivity (Wildman–Crippen MR) is 91.9 cm³/mol. The molecule has 0 heterocycles. The van der Waals surface area contributed by atoms with Crippen LogP contribution in [-0.2, 0) is 0 Å². The fraction of sp³-hybridized carbons (Fsp3) is 0. The second-order valence-corrected chi connectivity index (χ2v) is 5.56. The molecule has 0 aliphatic rings. The molecule has 4 aromatic rings. The summed E-state index contributed by atoms with van der Waals surface area (Å²) >= 11 is 6.22. The normalized spacial score (nSPS) is 11.8. The Balaban J connectivity index is 2.15. The Hall–Kier alpha value is -2.31. The molecule has 0 nitrogen and oxygen atoms in total. The van der Waals surface area contributed by atoms with Gasteiger partial charge in [0.15, 0.2) is 0 Å². The molecule has 21 heavy (non-hydrogen) atoms. The summed E-state index contributed by atoms with van der Waals surface area (Å²) in [5.41, 5.74) is 2.25. The zero-order valence-corrected chi connectivity index (χ0v) is 12.1. The molecule has 0 bridgehead atoms. The molecule has 0 aromatic heterocycles. The highest BCUT2D eigenvalue weighted by Gasteiger charge is 2.08. The van der Waals surface area contributed by atoms with Gasteiger partial charge in [0, 0.05) is 5.02 Å². The lowest BCUT2D eigenvalue weighted by molar-refractivity contribution is 1.66. The first-order valence-corrected chi connectivity index (χ1v) is 7.28. The van der Waals surface area contributed by atoms with Gasteiger partial charge in [0.1, 0.15) is 0 Å². The molecule has 4 rings (SSSR count). The topological polar surface area (TPSA) is 0 Å². The zero-order valence-electron chi connectivity index (χ0n) is 12.3. The molecule has 0 saturated heterocycles. The minimum absolute atomic E-state index is 0.520. The van der Waals surface area contributed by atoms with Crippen LogP contribution in [0, 0.1) is 0 Å². The van der Waals surface area contributed by atoms with Crippen LogP contribution >= 0.6 is 11.6 Å². The van der Waals surface area contributed by atoms with Crippen molar-refractivity contribution in [2.75, 3.05) is 0 Å². The Kier molecular flexibility index (Phi) is 2.65. The molecule has 0 fully saturated rings. The maximum Gasteiger partial charge on any atom is 0.0623 e. The number of halogens is 1. The van der Waals surface area contributed by atoms with Crippen molar-refractivity contribution >= 4 is 33.1 Å². The first-order chi connectivity index (χ1) is 10.7. The Labute approximate surface area is 130 Å². The minimum Gasteiger partial charge on any atom is -0.0843 e. The number of fused-ring (bicyclic) bond motifs is 3. The second-order valence-electron chi connectivity index (χ2n) is 5.12. The van der Waals surface area contributed by atoms with Crippen LogP contribution in [0.4, 0.5) is 0 Å². The van der Waals surface area contributed by atoms with Gasteiger partial charge in [-0.3, -0.25) is 0 Å². The third-order valence-corrected chi connectivity index (χ3v) is 4.09. The van der Waals surface area contributed by atoms with Gasteiger partial charge in [-0.2, -0.15) is 0 Å². The van der Waals surface area contributed by atoms with Crippen LogP contribution in [0.3, 0.4) is 0 Å². The number of benzene rings is 4. The molecule has 4 aromatic carbocycles. The van der Waals surface area contributed by atoms with Crippen molar-refractivity contribution in [2.24, 2.45) is 0 Å².